The molecule has 3 atom stereocenters. The van der Waals surface area contributed by atoms with Gasteiger partial charge in [-0.25, -0.2) is 18.5 Å². The summed E-state index contributed by atoms with van der Waals surface area (Å²) >= 11 is 0. The zero-order chi connectivity index (χ0) is 19.8. The minimum Gasteiger partial charge on any atom is -0.445 e. The van der Waals surface area contributed by atoms with Crippen molar-refractivity contribution in [2.75, 3.05) is 4.90 Å². The van der Waals surface area contributed by atoms with Gasteiger partial charge in [-0.05, 0) is 55.0 Å². The van der Waals surface area contributed by atoms with Crippen LogP contribution in [0.5, 0.6) is 0 Å². The number of terminal acetylenes is 1. The van der Waals surface area contributed by atoms with Gasteiger partial charge in [-0.15, -0.1) is 6.42 Å². The van der Waals surface area contributed by atoms with Crippen molar-refractivity contribution in [2.24, 2.45) is 5.92 Å². The molecule has 2 aromatic carbocycles. The highest BCUT2D eigenvalue weighted by molar-refractivity contribution is 6.14. The third-order valence-electron chi connectivity index (χ3n) is 5.43. The highest BCUT2D eigenvalue weighted by Gasteiger charge is 2.47. The van der Waals surface area contributed by atoms with Crippen molar-refractivity contribution in [3.63, 3.8) is 0 Å². The maximum Gasteiger partial charge on any atom is 0.421 e. The zero-order valence-electron chi connectivity index (χ0n) is 14.9. The Morgan fingerprint density at radius 3 is 2.68 bits per heavy atom. The standard InChI is InChI=1S/C22H17F2NO3/c1-2-13-4-3-5-16(10-13)25-21(26)18-11-14(6-9-20(18)28-22(25)27)17-8-7-15(23)12-19(17)24/h1,3-5,7-8,10,12,14,18,20H,6,9,11H2. The molecule has 0 spiro atoms. The highest BCUT2D eigenvalue weighted by atomic mass is 19.1. The van der Waals surface area contributed by atoms with E-state index in [9.17, 15) is 18.4 Å². The number of imide groups is 1. The van der Waals surface area contributed by atoms with Gasteiger partial charge in [0.2, 0.25) is 5.91 Å². The van der Waals surface area contributed by atoms with Crippen molar-refractivity contribution in [3.8, 4) is 12.3 Å². The second-order valence-electron chi connectivity index (χ2n) is 7.07. The summed E-state index contributed by atoms with van der Waals surface area (Å²) in [5.41, 5.74) is 1.26. The first-order valence-electron chi connectivity index (χ1n) is 9.04. The molecular formula is C22H17F2NO3. The van der Waals surface area contributed by atoms with Gasteiger partial charge in [0.05, 0.1) is 11.6 Å². The van der Waals surface area contributed by atoms with Crippen LogP contribution in [-0.4, -0.2) is 18.1 Å². The molecule has 1 saturated heterocycles. The third-order valence-corrected chi connectivity index (χ3v) is 5.43. The van der Waals surface area contributed by atoms with E-state index in [1.165, 1.54) is 12.1 Å². The Balaban J connectivity index is 1.62. The van der Waals surface area contributed by atoms with E-state index >= 15 is 0 Å². The maximum absolute atomic E-state index is 14.2. The number of halogens is 2. The summed E-state index contributed by atoms with van der Waals surface area (Å²) in [5, 5.41) is 0. The monoisotopic (exact) mass is 381 g/mol. The first-order chi connectivity index (χ1) is 13.5. The Labute approximate surface area is 161 Å². The molecule has 2 amide bonds. The van der Waals surface area contributed by atoms with E-state index in [0.717, 1.165) is 11.0 Å². The molecule has 0 aromatic heterocycles. The van der Waals surface area contributed by atoms with Crippen LogP contribution in [0.2, 0.25) is 0 Å². The molecule has 4 rings (SSSR count). The maximum atomic E-state index is 14.2. The van der Waals surface area contributed by atoms with Gasteiger partial charge in [-0.1, -0.05) is 18.1 Å². The number of fused-ring (bicyclic) bond motifs is 1. The number of nitrogens with zero attached hydrogens (tertiary/aromatic N) is 1. The number of amides is 2. The molecule has 2 fully saturated rings. The molecule has 1 aliphatic heterocycles. The minimum absolute atomic E-state index is 0.249. The van der Waals surface area contributed by atoms with Gasteiger partial charge < -0.3 is 4.74 Å². The lowest BCUT2D eigenvalue weighted by Crippen LogP contribution is -2.54. The molecule has 28 heavy (non-hydrogen) atoms. The van der Waals surface area contributed by atoms with Gasteiger partial charge in [-0.3, -0.25) is 4.79 Å². The molecule has 1 saturated carbocycles. The third kappa shape index (κ3) is 3.13. The van der Waals surface area contributed by atoms with Crippen molar-refractivity contribution in [1.82, 2.24) is 0 Å². The van der Waals surface area contributed by atoms with E-state index in [2.05, 4.69) is 5.92 Å². The molecule has 142 valence electrons. The van der Waals surface area contributed by atoms with Crippen LogP contribution in [0.3, 0.4) is 0 Å². The first kappa shape index (κ1) is 18.2. The lowest BCUT2D eigenvalue weighted by atomic mass is 9.75. The van der Waals surface area contributed by atoms with Gasteiger partial charge in [0.1, 0.15) is 17.7 Å². The Morgan fingerprint density at radius 1 is 1.11 bits per heavy atom. The van der Waals surface area contributed by atoms with Gasteiger partial charge >= 0.3 is 6.09 Å². The molecule has 0 N–H and O–H groups in total. The topological polar surface area (TPSA) is 46.6 Å². The van der Waals surface area contributed by atoms with Crippen LogP contribution in [0.1, 0.15) is 36.3 Å². The second-order valence-corrected chi connectivity index (χ2v) is 7.07. The van der Waals surface area contributed by atoms with Gasteiger partial charge in [-0.2, -0.15) is 0 Å². The van der Waals surface area contributed by atoms with E-state index in [1.807, 2.05) is 0 Å². The van der Waals surface area contributed by atoms with E-state index in [4.69, 9.17) is 11.2 Å². The SMILES string of the molecule is C#Cc1cccc(N2C(=O)OC3CCC(c4ccc(F)cc4F)CC3C2=O)c1. The fourth-order valence-electron chi connectivity index (χ4n) is 4.06. The predicted molar refractivity (Wildman–Crippen MR) is 98.6 cm³/mol. The quantitative estimate of drug-likeness (QED) is 0.726. The number of ether oxygens (including phenoxy) is 1. The van der Waals surface area contributed by atoms with Crippen LogP contribution in [0.4, 0.5) is 19.3 Å². The Morgan fingerprint density at radius 2 is 1.93 bits per heavy atom. The van der Waals surface area contributed by atoms with Crippen LogP contribution >= 0.6 is 0 Å². The summed E-state index contributed by atoms with van der Waals surface area (Å²) < 4.78 is 32.9. The molecule has 1 aliphatic carbocycles. The van der Waals surface area contributed by atoms with Gasteiger partial charge in [0.15, 0.2) is 0 Å². The lowest BCUT2D eigenvalue weighted by Gasteiger charge is -2.41. The summed E-state index contributed by atoms with van der Waals surface area (Å²) in [6.45, 7) is 0. The predicted octanol–water partition coefficient (Wildman–Crippen LogP) is 4.38. The molecule has 6 heteroatoms. The van der Waals surface area contributed by atoms with Crippen LogP contribution < -0.4 is 4.90 Å². The fraction of sp³-hybridized carbons (Fsp3) is 0.273. The minimum atomic E-state index is -0.730. The Bertz CT molecular complexity index is 998. The number of carbonyl (C=O) groups excluding carboxylic acids is 2. The average Bonchev–Trinajstić information content (AvgIpc) is 2.68. The molecule has 1 heterocycles. The number of benzene rings is 2. The lowest BCUT2D eigenvalue weighted by molar-refractivity contribution is -0.131. The van der Waals surface area contributed by atoms with Crippen molar-refractivity contribution in [3.05, 3.63) is 65.2 Å². The van der Waals surface area contributed by atoms with Crippen LogP contribution in [0.25, 0.3) is 0 Å². The Kier molecular flexibility index (Phi) is 4.60. The molecule has 2 aliphatic rings. The molecule has 2 aromatic rings. The second kappa shape index (κ2) is 7.08. The van der Waals surface area contributed by atoms with Crippen molar-refractivity contribution < 1.29 is 23.1 Å². The first-order valence-corrected chi connectivity index (χ1v) is 9.04. The van der Waals surface area contributed by atoms with Crippen molar-refractivity contribution in [1.29, 1.82) is 0 Å². The Hall–Kier alpha value is -3.20. The number of carbonyl (C=O) groups is 2. The largest absolute Gasteiger partial charge is 0.445 e. The molecule has 3 unspecified atom stereocenters. The van der Waals surface area contributed by atoms with Crippen LogP contribution in [-0.2, 0) is 9.53 Å². The fourth-order valence-corrected chi connectivity index (χ4v) is 4.06. The van der Waals surface area contributed by atoms with Gasteiger partial charge in [0.25, 0.3) is 0 Å². The van der Waals surface area contributed by atoms with Crippen molar-refractivity contribution in [2.45, 2.75) is 31.3 Å². The van der Waals surface area contributed by atoms with E-state index in [0.29, 0.717) is 36.1 Å². The smallest absolute Gasteiger partial charge is 0.421 e. The highest BCUT2D eigenvalue weighted by Crippen LogP contribution is 2.42. The van der Waals surface area contributed by atoms with E-state index < -0.39 is 29.7 Å². The number of anilines is 1. The number of rotatable bonds is 2. The van der Waals surface area contributed by atoms with Crippen LogP contribution in [0.15, 0.2) is 42.5 Å². The normalized spacial score (nSPS) is 24.3. The van der Waals surface area contributed by atoms with E-state index in [1.54, 1.807) is 24.3 Å². The molecule has 4 nitrogen and oxygen atoms in total. The zero-order valence-corrected chi connectivity index (χ0v) is 14.9. The number of hydrogen-bond acceptors (Lipinski definition) is 3. The summed E-state index contributed by atoms with van der Waals surface area (Å²) in [6.07, 6.45) is 5.46. The van der Waals surface area contributed by atoms with Crippen LogP contribution in [0, 0.1) is 29.9 Å². The summed E-state index contributed by atoms with van der Waals surface area (Å²) in [4.78, 5) is 26.5. The molecular weight excluding hydrogens is 364 g/mol. The average molecular weight is 381 g/mol. The molecule has 0 bridgehead atoms. The van der Waals surface area contributed by atoms with E-state index in [-0.39, 0.29) is 11.8 Å². The molecule has 0 radical (unpaired) electrons. The number of hydrogen-bond donors (Lipinski definition) is 0. The summed E-state index contributed by atoms with van der Waals surface area (Å²) in [5.74, 6) is -0.0177. The summed E-state index contributed by atoms with van der Waals surface area (Å²) in [6, 6.07) is 10.0. The van der Waals surface area contributed by atoms with Gasteiger partial charge in [0, 0.05) is 11.6 Å². The van der Waals surface area contributed by atoms with Crippen molar-refractivity contribution >= 4 is 17.7 Å². The summed E-state index contributed by atoms with van der Waals surface area (Å²) in [7, 11) is 0.